The monoisotopic (exact) mass is 240 g/mol. The van der Waals surface area contributed by atoms with Crippen LogP contribution in [0.3, 0.4) is 0 Å². The lowest BCUT2D eigenvalue weighted by atomic mass is 10.2. The van der Waals surface area contributed by atoms with Crippen LogP contribution in [0.4, 0.5) is 0 Å². The number of hydrogen-bond donors (Lipinski definition) is 1. The minimum absolute atomic E-state index is 0.505. The van der Waals surface area contributed by atoms with Gasteiger partial charge in [-0.05, 0) is 5.92 Å². The lowest BCUT2D eigenvalue weighted by molar-refractivity contribution is 0.119. The van der Waals surface area contributed by atoms with Crippen LogP contribution in [0.5, 0.6) is 0 Å². The molecule has 5 heteroatoms. The SMILES string of the molecule is CC(C)Cn1cc(COCCNC(C)C)nn1. The summed E-state index contributed by atoms with van der Waals surface area (Å²) in [6, 6.07) is 0.505. The molecule has 0 atom stereocenters. The van der Waals surface area contributed by atoms with Crippen LogP contribution >= 0.6 is 0 Å². The maximum absolute atomic E-state index is 5.51. The molecule has 1 N–H and O–H groups in total. The molecule has 0 fully saturated rings. The minimum atomic E-state index is 0.505. The molecule has 0 aliphatic heterocycles. The molecule has 1 heterocycles. The molecule has 0 spiro atoms. The highest BCUT2D eigenvalue weighted by Crippen LogP contribution is 2.00. The summed E-state index contributed by atoms with van der Waals surface area (Å²) in [5, 5.41) is 11.4. The van der Waals surface area contributed by atoms with Crippen LogP contribution in [0, 0.1) is 5.92 Å². The lowest BCUT2D eigenvalue weighted by Gasteiger charge is -2.07. The van der Waals surface area contributed by atoms with Crippen molar-refractivity contribution in [2.75, 3.05) is 13.2 Å². The van der Waals surface area contributed by atoms with E-state index in [0.717, 1.165) is 18.8 Å². The summed E-state index contributed by atoms with van der Waals surface area (Å²) in [5.74, 6) is 0.584. The van der Waals surface area contributed by atoms with Crippen molar-refractivity contribution in [3.63, 3.8) is 0 Å². The zero-order valence-corrected chi connectivity index (χ0v) is 11.3. The van der Waals surface area contributed by atoms with Crippen molar-refractivity contribution in [2.24, 2.45) is 5.92 Å². The van der Waals surface area contributed by atoms with Gasteiger partial charge in [-0.1, -0.05) is 32.9 Å². The van der Waals surface area contributed by atoms with Gasteiger partial charge in [-0.25, -0.2) is 0 Å². The highest BCUT2D eigenvalue weighted by atomic mass is 16.5. The van der Waals surface area contributed by atoms with E-state index in [0.29, 0.717) is 25.2 Å². The predicted molar refractivity (Wildman–Crippen MR) is 67.7 cm³/mol. The molecule has 1 aromatic rings. The van der Waals surface area contributed by atoms with E-state index in [1.807, 2.05) is 10.9 Å². The standard InChI is InChI=1S/C12H24N4O/c1-10(2)7-16-8-12(14-15-16)9-17-6-5-13-11(3)4/h8,10-11,13H,5-7,9H2,1-4H3. The quantitative estimate of drug-likeness (QED) is 0.699. The minimum Gasteiger partial charge on any atom is -0.374 e. The van der Waals surface area contributed by atoms with Crippen LogP contribution in [-0.4, -0.2) is 34.2 Å². The Hall–Kier alpha value is -0.940. The Morgan fingerprint density at radius 3 is 2.76 bits per heavy atom. The largest absolute Gasteiger partial charge is 0.374 e. The van der Waals surface area contributed by atoms with Gasteiger partial charge in [-0.3, -0.25) is 4.68 Å². The number of hydrogen-bond acceptors (Lipinski definition) is 4. The Morgan fingerprint density at radius 2 is 2.12 bits per heavy atom. The van der Waals surface area contributed by atoms with Crippen molar-refractivity contribution in [2.45, 2.75) is 46.9 Å². The molecule has 0 bridgehead atoms. The average Bonchev–Trinajstić information content (AvgIpc) is 2.63. The summed E-state index contributed by atoms with van der Waals surface area (Å²) in [5.41, 5.74) is 0.898. The second-order valence-corrected chi connectivity index (χ2v) is 4.99. The maximum atomic E-state index is 5.51. The summed E-state index contributed by atoms with van der Waals surface area (Å²) >= 11 is 0. The van der Waals surface area contributed by atoms with Crippen LogP contribution in [0.25, 0.3) is 0 Å². The first-order chi connectivity index (χ1) is 8.08. The van der Waals surface area contributed by atoms with Crippen LogP contribution < -0.4 is 5.32 Å². The van der Waals surface area contributed by atoms with Gasteiger partial charge in [0, 0.05) is 19.1 Å². The Bertz CT molecular complexity index is 309. The molecule has 5 nitrogen and oxygen atoms in total. The molecular formula is C12H24N4O. The van der Waals surface area contributed by atoms with Gasteiger partial charge in [-0.15, -0.1) is 5.10 Å². The Kier molecular flexibility index (Phi) is 6.15. The molecular weight excluding hydrogens is 216 g/mol. The van der Waals surface area contributed by atoms with Gasteiger partial charge in [0.05, 0.1) is 19.4 Å². The fraction of sp³-hybridized carbons (Fsp3) is 0.833. The van der Waals surface area contributed by atoms with Crippen molar-refractivity contribution < 1.29 is 4.74 Å². The van der Waals surface area contributed by atoms with Crippen molar-refractivity contribution in [3.05, 3.63) is 11.9 Å². The lowest BCUT2D eigenvalue weighted by Crippen LogP contribution is -2.26. The number of nitrogens with one attached hydrogen (secondary N) is 1. The Balaban J connectivity index is 2.16. The highest BCUT2D eigenvalue weighted by Gasteiger charge is 2.02. The molecule has 0 radical (unpaired) electrons. The molecule has 0 amide bonds. The second kappa shape index (κ2) is 7.40. The van der Waals surface area contributed by atoms with Gasteiger partial charge in [0.1, 0.15) is 5.69 Å². The van der Waals surface area contributed by atoms with Gasteiger partial charge < -0.3 is 10.1 Å². The average molecular weight is 240 g/mol. The smallest absolute Gasteiger partial charge is 0.108 e. The number of rotatable bonds is 8. The van der Waals surface area contributed by atoms with Gasteiger partial charge in [0.15, 0.2) is 0 Å². The van der Waals surface area contributed by atoms with E-state index in [2.05, 4.69) is 43.3 Å². The first-order valence-corrected chi connectivity index (χ1v) is 6.28. The van der Waals surface area contributed by atoms with E-state index in [9.17, 15) is 0 Å². The van der Waals surface area contributed by atoms with Crippen LogP contribution in [0.1, 0.15) is 33.4 Å². The molecule has 98 valence electrons. The maximum Gasteiger partial charge on any atom is 0.108 e. The fourth-order valence-corrected chi connectivity index (χ4v) is 1.46. The zero-order valence-electron chi connectivity index (χ0n) is 11.3. The van der Waals surface area contributed by atoms with Crippen LogP contribution in [0.15, 0.2) is 6.20 Å². The third kappa shape index (κ3) is 6.38. The third-order valence-corrected chi connectivity index (χ3v) is 2.19. The van der Waals surface area contributed by atoms with E-state index < -0.39 is 0 Å². The van der Waals surface area contributed by atoms with E-state index in [1.165, 1.54) is 0 Å². The molecule has 1 aromatic heterocycles. The van der Waals surface area contributed by atoms with E-state index in [-0.39, 0.29) is 0 Å². The number of aromatic nitrogens is 3. The Morgan fingerprint density at radius 1 is 1.35 bits per heavy atom. The molecule has 0 aliphatic carbocycles. The first kappa shape index (κ1) is 14.1. The third-order valence-electron chi connectivity index (χ3n) is 2.19. The van der Waals surface area contributed by atoms with Crippen molar-refractivity contribution in [1.29, 1.82) is 0 Å². The molecule has 0 aliphatic rings. The predicted octanol–water partition coefficient (Wildman–Crippen LogP) is 1.45. The molecule has 1 rings (SSSR count). The van der Waals surface area contributed by atoms with Crippen LogP contribution in [-0.2, 0) is 17.9 Å². The molecule has 0 saturated heterocycles. The van der Waals surface area contributed by atoms with E-state index in [1.54, 1.807) is 0 Å². The summed E-state index contributed by atoms with van der Waals surface area (Å²) in [6.07, 6.45) is 1.95. The fourth-order valence-electron chi connectivity index (χ4n) is 1.46. The van der Waals surface area contributed by atoms with Crippen molar-refractivity contribution in [3.8, 4) is 0 Å². The second-order valence-electron chi connectivity index (χ2n) is 4.99. The van der Waals surface area contributed by atoms with E-state index in [4.69, 9.17) is 4.74 Å². The highest BCUT2D eigenvalue weighted by molar-refractivity contribution is 4.89. The molecule has 17 heavy (non-hydrogen) atoms. The van der Waals surface area contributed by atoms with Crippen LogP contribution in [0.2, 0.25) is 0 Å². The topological polar surface area (TPSA) is 52.0 Å². The normalized spacial score (nSPS) is 11.6. The summed E-state index contributed by atoms with van der Waals surface area (Å²) in [4.78, 5) is 0. The summed E-state index contributed by atoms with van der Waals surface area (Å²) < 4.78 is 7.38. The molecule has 0 saturated carbocycles. The number of nitrogens with zero attached hydrogens (tertiary/aromatic N) is 3. The van der Waals surface area contributed by atoms with E-state index >= 15 is 0 Å². The summed E-state index contributed by atoms with van der Waals surface area (Å²) in [7, 11) is 0. The Labute approximate surface area is 104 Å². The van der Waals surface area contributed by atoms with Crippen molar-refractivity contribution >= 4 is 0 Å². The summed E-state index contributed by atoms with van der Waals surface area (Å²) in [6.45, 7) is 11.6. The zero-order chi connectivity index (χ0) is 12.7. The van der Waals surface area contributed by atoms with Crippen molar-refractivity contribution in [1.82, 2.24) is 20.3 Å². The molecule has 0 unspecified atom stereocenters. The van der Waals surface area contributed by atoms with Gasteiger partial charge in [0.25, 0.3) is 0 Å². The molecule has 0 aromatic carbocycles. The first-order valence-electron chi connectivity index (χ1n) is 6.28. The number of ether oxygens (including phenoxy) is 1. The van der Waals surface area contributed by atoms with Gasteiger partial charge >= 0.3 is 0 Å². The van der Waals surface area contributed by atoms with Gasteiger partial charge in [0.2, 0.25) is 0 Å². The van der Waals surface area contributed by atoms with Gasteiger partial charge in [-0.2, -0.15) is 0 Å².